The molecule has 1 unspecified atom stereocenters. The highest BCUT2D eigenvalue weighted by Gasteiger charge is 2.31. The summed E-state index contributed by atoms with van der Waals surface area (Å²) < 4.78 is 36.1. The summed E-state index contributed by atoms with van der Waals surface area (Å²) in [5.41, 5.74) is 5.23. The number of alkyl halides is 3. The Morgan fingerprint density at radius 3 is 2.23 bits per heavy atom. The fourth-order valence-electron chi connectivity index (χ4n) is 1.11. The van der Waals surface area contributed by atoms with Crippen molar-refractivity contribution < 1.29 is 13.2 Å². The van der Waals surface area contributed by atoms with Crippen LogP contribution < -0.4 is 5.73 Å². The van der Waals surface area contributed by atoms with E-state index in [9.17, 15) is 13.2 Å². The molecular weight excluding hydrogens is 181 g/mol. The van der Waals surface area contributed by atoms with Gasteiger partial charge in [-0.3, -0.25) is 4.90 Å². The number of rotatable bonds is 5. The Balaban J connectivity index is 4.09. The van der Waals surface area contributed by atoms with Crippen molar-refractivity contribution in [1.82, 2.24) is 4.90 Å². The van der Waals surface area contributed by atoms with Crippen LogP contribution in [0.1, 0.15) is 20.3 Å². The van der Waals surface area contributed by atoms with Crippen LogP contribution >= 0.6 is 0 Å². The minimum atomic E-state index is -4.13. The number of nitrogens with two attached hydrogens (primary N) is 1. The summed E-state index contributed by atoms with van der Waals surface area (Å²) >= 11 is 0. The molecule has 0 amide bonds. The van der Waals surface area contributed by atoms with Gasteiger partial charge in [0.25, 0.3) is 0 Å². The third-order valence-electron chi connectivity index (χ3n) is 2.01. The van der Waals surface area contributed by atoms with Crippen molar-refractivity contribution in [3.8, 4) is 0 Å². The second-order valence-corrected chi connectivity index (χ2v) is 3.13. The Kier molecular flexibility index (Phi) is 5.32. The van der Waals surface area contributed by atoms with Crippen molar-refractivity contribution in [3.05, 3.63) is 0 Å². The van der Waals surface area contributed by atoms with Gasteiger partial charge in [-0.2, -0.15) is 13.2 Å². The first-order chi connectivity index (χ1) is 5.90. The van der Waals surface area contributed by atoms with E-state index in [1.807, 2.05) is 6.92 Å². The average molecular weight is 198 g/mol. The van der Waals surface area contributed by atoms with E-state index < -0.39 is 12.7 Å². The molecule has 0 aliphatic carbocycles. The summed E-state index contributed by atoms with van der Waals surface area (Å²) in [5.74, 6) is 0. The maximum absolute atomic E-state index is 12.0. The molecule has 0 spiro atoms. The molecule has 0 heterocycles. The monoisotopic (exact) mass is 198 g/mol. The molecule has 2 nitrogen and oxygen atoms in total. The van der Waals surface area contributed by atoms with Gasteiger partial charge in [0.05, 0.1) is 6.54 Å². The zero-order valence-electron chi connectivity index (χ0n) is 8.06. The number of halogens is 3. The third kappa shape index (κ3) is 5.87. The van der Waals surface area contributed by atoms with Gasteiger partial charge in [0.1, 0.15) is 0 Å². The van der Waals surface area contributed by atoms with Crippen LogP contribution in [0.2, 0.25) is 0 Å². The molecule has 1 atom stereocenters. The first-order valence-corrected chi connectivity index (χ1v) is 4.41. The maximum Gasteiger partial charge on any atom is 0.401 e. The summed E-state index contributed by atoms with van der Waals surface area (Å²) in [6.45, 7) is 3.35. The van der Waals surface area contributed by atoms with E-state index in [0.29, 0.717) is 13.0 Å². The van der Waals surface area contributed by atoms with E-state index >= 15 is 0 Å². The van der Waals surface area contributed by atoms with Crippen LogP contribution in [0.4, 0.5) is 13.2 Å². The van der Waals surface area contributed by atoms with Gasteiger partial charge in [0.15, 0.2) is 0 Å². The van der Waals surface area contributed by atoms with Gasteiger partial charge >= 0.3 is 6.18 Å². The SMILES string of the molecule is CCC(C)N(CCN)CC(F)(F)F. The average Bonchev–Trinajstić information content (AvgIpc) is 2.00. The van der Waals surface area contributed by atoms with Crippen LogP contribution in [0, 0.1) is 0 Å². The Labute approximate surface area is 76.9 Å². The molecule has 0 aromatic heterocycles. The molecule has 0 saturated carbocycles. The van der Waals surface area contributed by atoms with Crippen molar-refractivity contribution in [2.45, 2.75) is 32.5 Å². The summed E-state index contributed by atoms with van der Waals surface area (Å²) in [6, 6.07) is -0.0647. The largest absolute Gasteiger partial charge is 0.401 e. The van der Waals surface area contributed by atoms with Crippen molar-refractivity contribution in [2.24, 2.45) is 5.73 Å². The predicted molar refractivity (Wildman–Crippen MR) is 46.4 cm³/mol. The Morgan fingerprint density at radius 1 is 1.38 bits per heavy atom. The first-order valence-electron chi connectivity index (χ1n) is 4.41. The molecule has 0 fully saturated rings. The lowest BCUT2D eigenvalue weighted by molar-refractivity contribution is -0.150. The quantitative estimate of drug-likeness (QED) is 0.727. The van der Waals surface area contributed by atoms with Gasteiger partial charge in [0.2, 0.25) is 0 Å². The molecule has 0 saturated heterocycles. The van der Waals surface area contributed by atoms with Crippen LogP contribution in [0.3, 0.4) is 0 Å². The van der Waals surface area contributed by atoms with Crippen molar-refractivity contribution >= 4 is 0 Å². The molecule has 0 aliphatic heterocycles. The van der Waals surface area contributed by atoms with E-state index in [0.717, 1.165) is 0 Å². The molecule has 80 valence electrons. The topological polar surface area (TPSA) is 29.3 Å². The summed E-state index contributed by atoms with van der Waals surface area (Å²) in [4.78, 5) is 1.36. The lowest BCUT2D eigenvalue weighted by atomic mass is 10.2. The van der Waals surface area contributed by atoms with Gasteiger partial charge in [0, 0.05) is 19.1 Å². The van der Waals surface area contributed by atoms with E-state index in [2.05, 4.69) is 0 Å². The van der Waals surface area contributed by atoms with Crippen molar-refractivity contribution in [3.63, 3.8) is 0 Å². The second-order valence-electron chi connectivity index (χ2n) is 3.13. The van der Waals surface area contributed by atoms with Crippen molar-refractivity contribution in [2.75, 3.05) is 19.6 Å². The summed E-state index contributed by atoms with van der Waals surface area (Å²) in [5, 5.41) is 0. The first kappa shape index (κ1) is 12.7. The standard InChI is InChI=1S/C8H17F3N2/c1-3-7(2)13(5-4-12)6-8(9,10)11/h7H,3-6,12H2,1-2H3. The number of hydrogen-bond donors (Lipinski definition) is 1. The fourth-order valence-corrected chi connectivity index (χ4v) is 1.11. The normalized spacial score (nSPS) is 15.0. The highest BCUT2D eigenvalue weighted by Crippen LogP contribution is 2.18. The minimum absolute atomic E-state index is 0.0647. The molecule has 0 radical (unpaired) electrons. The molecule has 0 aromatic rings. The molecule has 0 aromatic carbocycles. The van der Waals surface area contributed by atoms with Gasteiger partial charge in [-0.05, 0) is 13.3 Å². The van der Waals surface area contributed by atoms with Crippen LogP contribution in [0.15, 0.2) is 0 Å². The molecule has 0 aliphatic rings. The van der Waals surface area contributed by atoms with E-state index in [1.165, 1.54) is 4.90 Å². The highest BCUT2D eigenvalue weighted by molar-refractivity contribution is 4.69. The molecule has 13 heavy (non-hydrogen) atoms. The summed E-state index contributed by atoms with van der Waals surface area (Å²) in [6.07, 6.45) is -3.42. The molecule has 2 N–H and O–H groups in total. The predicted octanol–water partition coefficient (Wildman–Crippen LogP) is 1.61. The smallest absolute Gasteiger partial charge is 0.329 e. The molecular formula is C8H17F3N2. The molecule has 0 rings (SSSR count). The van der Waals surface area contributed by atoms with Crippen LogP contribution in [-0.2, 0) is 0 Å². The van der Waals surface area contributed by atoms with Gasteiger partial charge in [-0.1, -0.05) is 6.92 Å². The maximum atomic E-state index is 12.0. The van der Waals surface area contributed by atoms with E-state index in [4.69, 9.17) is 5.73 Å². The van der Waals surface area contributed by atoms with Crippen molar-refractivity contribution in [1.29, 1.82) is 0 Å². The second kappa shape index (κ2) is 5.44. The van der Waals surface area contributed by atoms with Crippen LogP contribution in [0.5, 0.6) is 0 Å². The van der Waals surface area contributed by atoms with E-state index in [-0.39, 0.29) is 12.6 Å². The fraction of sp³-hybridized carbons (Fsp3) is 1.00. The van der Waals surface area contributed by atoms with Gasteiger partial charge in [-0.15, -0.1) is 0 Å². The Bertz CT molecular complexity index is 136. The zero-order chi connectivity index (χ0) is 10.5. The minimum Gasteiger partial charge on any atom is -0.329 e. The van der Waals surface area contributed by atoms with E-state index in [1.54, 1.807) is 6.92 Å². The lowest BCUT2D eigenvalue weighted by Crippen LogP contribution is -2.42. The van der Waals surface area contributed by atoms with Gasteiger partial charge in [-0.25, -0.2) is 0 Å². The lowest BCUT2D eigenvalue weighted by Gasteiger charge is -2.28. The third-order valence-corrected chi connectivity index (χ3v) is 2.01. The summed E-state index contributed by atoms with van der Waals surface area (Å²) in [7, 11) is 0. The number of nitrogens with zero attached hydrogens (tertiary/aromatic N) is 1. The number of hydrogen-bond acceptors (Lipinski definition) is 2. The Hall–Kier alpha value is -0.290. The van der Waals surface area contributed by atoms with Crippen LogP contribution in [0.25, 0.3) is 0 Å². The Morgan fingerprint density at radius 2 is 1.92 bits per heavy atom. The molecule has 5 heteroatoms. The van der Waals surface area contributed by atoms with Crippen LogP contribution in [-0.4, -0.2) is 36.8 Å². The van der Waals surface area contributed by atoms with Gasteiger partial charge < -0.3 is 5.73 Å². The zero-order valence-corrected chi connectivity index (χ0v) is 8.06. The molecule has 0 bridgehead atoms. The highest BCUT2D eigenvalue weighted by atomic mass is 19.4.